The second-order valence-corrected chi connectivity index (χ2v) is 6.74. The van der Waals surface area contributed by atoms with Crippen LogP contribution in [0.5, 0.6) is 23.0 Å². The fourth-order valence-electron chi connectivity index (χ4n) is 2.80. The summed E-state index contributed by atoms with van der Waals surface area (Å²) in [6.45, 7) is 0. The molecule has 3 rings (SSSR count). The zero-order chi connectivity index (χ0) is 21.1. The number of ketones is 1. The fraction of sp³-hybridized carbons (Fsp3) is 0.143. The first-order chi connectivity index (χ1) is 13.9. The molecule has 8 heteroatoms. The van der Waals surface area contributed by atoms with E-state index in [0.29, 0.717) is 33.4 Å². The summed E-state index contributed by atoms with van der Waals surface area (Å²) in [5.41, 5.74) is 0.935. The highest BCUT2D eigenvalue weighted by Crippen LogP contribution is 2.37. The molecule has 1 aromatic heterocycles. The molecule has 6 nitrogen and oxygen atoms in total. The Morgan fingerprint density at radius 3 is 2.24 bits per heavy atom. The molecule has 0 unspecified atom stereocenters. The number of fused-ring (bicyclic) bond motifs is 1. The van der Waals surface area contributed by atoms with Crippen LogP contribution in [-0.2, 0) is 0 Å². The topological polar surface area (TPSA) is 77.9 Å². The highest BCUT2D eigenvalue weighted by Gasteiger charge is 2.18. The summed E-state index contributed by atoms with van der Waals surface area (Å²) in [7, 11) is 4.42. The van der Waals surface area contributed by atoms with E-state index in [-0.39, 0.29) is 27.6 Å². The monoisotopic (exact) mass is 433 g/mol. The van der Waals surface area contributed by atoms with Crippen molar-refractivity contribution in [2.45, 2.75) is 0 Å². The number of aromatic nitrogens is 1. The molecule has 0 spiro atoms. The van der Waals surface area contributed by atoms with Crippen LogP contribution in [0.3, 0.4) is 0 Å². The van der Waals surface area contributed by atoms with Gasteiger partial charge in [-0.15, -0.1) is 0 Å². The SMILES string of the molecule is COc1cc(OC)c(C(=O)/C=C/c2ccc3c(Cl)cc(Cl)c(O)c3n2)c(OC)c1. The van der Waals surface area contributed by atoms with Crippen LogP contribution in [-0.4, -0.2) is 37.2 Å². The van der Waals surface area contributed by atoms with Crippen molar-refractivity contribution in [1.29, 1.82) is 0 Å². The quantitative estimate of drug-likeness (QED) is 0.426. The summed E-state index contributed by atoms with van der Waals surface area (Å²) in [5.74, 6) is 0.611. The van der Waals surface area contributed by atoms with Gasteiger partial charge in [-0.05, 0) is 30.4 Å². The van der Waals surface area contributed by atoms with Gasteiger partial charge in [0.15, 0.2) is 11.5 Å². The van der Waals surface area contributed by atoms with Gasteiger partial charge in [0.05, 0.1) is 37.1 Å². The highest BCUT2D eigenvalue weighted by atomic mass is 35.5. The third kappa shape index (κ3) is 4.09. The van der Waals surface area contributed by atoms with Gasteiger partial charge in [0.2, 0.25) is 0 Å². The first-order valence-electron chi connectivity index (χ1n) is 8.39. The van der Waals surface area contributed by atoms with E-state index in [0.717, 1.165) is 0 Å². The van der Waals surface area contributed by atoms with Crippen LogP contribution in [0.4, 0.5) is 0 Å². The predicted octanol–water partition coefficient (Wildman–Crippen LogP) is 5.17. The number of carbonyl (C=O) groups excluding carboxylic acids is 1. The number of methoxy groups -OCH3 is 3. The number of hydrogen-bond donors (Lipinski definition) is 1. The van der Waals surface area contributed by atoms with E-state index >= 15 is 0 Å². The zero-order valence-corrected chi connectivity index (χ0v) is 17.3. The minimum atomic E-state index is -0.350. The summed E-state index contributed by atoms with van der Waals surface area (Å²) in [6, 6.07) is 8.01. The average molecular weight is 434 g/mol. The van der Waals surface area contributed by atoms with Crippen LogP contribution < -0.4 is 14.2 Å². The van der Waals surface area contributed by atoms with Gasteiger partial charge >= 0.3 is 0 Å². The molecule has 0 aliphatic carbocycles. The number of pyridine rings is 1. The molecule has 2 aromatic carbocycles. The number of aromatic hydroxyl groups is 1. The normalized spacial score (nSPS) is 11.1. The number of allylic oxidation sites excluding steroid dienone is 1. The Hall–Kier alpha value is -2.96. The van der Waals surface area contributed by atoms with E-state index in [1.807, 2.05) is 0 Å². The Balaban J connectivity index is 2.00. The zero-order valence-electron chi connectivity index (χ0n) is 15.8. The summed E-state index contributed by atoms with van der Waals surface area (Å²) < 4.78 is 15.8. The number of phenolic OH excluding ortho intramolecular Hbond substituents is 1. The summed E-state index contributed by atoms with van der Waals surface area (Å²) in [4.78, 5) is 17.1. The Bertz CT molecular complexity index is 1100. The van der Waals surface area contributed by atoms with Crippen molar-refractivity contribution in [2.24, 2.45) is 0 Å². The van der Waals surface area contributed by atoms with E-state index < -0.39 is 0 Å². The minimum Gasteiger partial charge on any atom is -0.504 e. The minimum absolute atomic E-state index is 0.0971. The van der Waals surface area contributed by atoms with E-state index in [1.165, 1.54) is 39.5 Å². The van der Waals surface area contributed by atoms with Crippen LogP contribution >= 0.6 is 23.2 Å². The van der Waals surface area contributed by atoms with Crippen molar-refractivity contribution in [3.8, 4) is 23.0 Å². The molecule has 29 heavy (non-hydrogen) atoms. The molecule has 0 amide bonds. The maximum atomic E-state index is 12.8. The molecular formula is C21H17Cl2NO5. The molecule has 1 heterocycles. The van der Waals surface area contributed by atoms with Crippen molar-refractivity contribution < 1.29 is 24.1 Å². The number of nitrogens with zero attached hydrogens (tertiary/aromatic N) is 1. The van der Waals surface area contributed by atoms with Gasteiger partial charge in [-0.2, -0.15) is 0 Å². The van der Waals surface area contributed by atoms with Crippen LogP contribution in [0.2, 0.25) is 10.0 Å². The van der Waals surface area contributed by atoms with Crippen molar-refractivity contribution in [3.05, 3.63) is 57.7 Å². The van der Waals surface area contributed by atoms with Gasteiger partial charge in [0, 0.05) is 17.5 Å². The van der Waals surface area contributed by atoms with Crippen LogP contribution in [0.25, 0.3) is 17.0 Å². The van der Waals surface area contributed by atoms with Crippen LogP contribution in [0.15, 0.2) is 36.4 Å². The van der Waals surface area contributed by atoms with Crippen molar-refractivity contribution in [1.82, 2.24) is 4.98 Å². The molecule has 1 N–H and O–H groups in total. The van der Waals surface area contributed by atoms with E-state index in [4.69, 9.17) is 37.4 Å². The number of benzene rings is 2. The lowest BCUT2D eigenvalue weighted by Crippen LogP contribution is -2.03. The molecule has 0 aliphatic rings. The molecule has 0 atom stereocenters. The number of hydrogen-bond acceptors (Lipinski definition) is 6. The summed E-state index contributed by atoms with van der Waals surface area (Å²) in [5, 5.41) is 11.2. The molecule has 150 valence electrons. The third-order valence-corrected chi connectivity index (χ3v) is 4.85. The lowest BCUT2D eigenvalue weighted by Gasteiger charge is -2.13. The average Bonchev–Trinajstić information content (AvgIpc) is 2.74. The third-order valence-electron chi connectivity index (χ3n) is 4.24. The van der Waals surface area contributed by atoms with Crippen molar-refractivity contribution in [3.63, 3.8) is 0 Å². The molecular weight excluding hydrogens is 417 g/mol. The smallest absolute Gasteiger partial charge is 0.193 e. The van der Waals surface area contributed by atoms with Gasteiger partial charge in [0.25, 0.3) is 0 Å². The molecule has 0 radical (unpaired) electrons. The van der Waals surface area contributed by atoms with Gasteiger partial charge in [-0.1, -0.05) is 23.2 Å². The Morgan fingerprint density at radius 2 is 1.66 bits per heavy atom. The molecule has 0 fully saturated rings. The van der Waals surface area contributed by atoms with Crippen molar-refractivity contribution >= 4 is 46.0 Å². The summed E-state index contributed by atoms with van der Waals surface area (Å²) >= 11 is 12.1. The van der Waals surface area contributed by atoms with E-state index in [9.17, 15) is 9.90 Å². The van der Waals surface area contributed by atoms with Gasteiger partial charge in [-0.3, -0.25) is 4.79 Å². The standard InChI is InChI=1S/C21H17Cl2NO5/c1-27-12-8-17(28-2)19(18(9-12)29-3)16(25)7-5-11-4-6-13-14(22)10-15(23)21(26)20(13)24-11/h4-10,26H,1-3H3/b7-5+. The number of rotatable bonds is 6. The predicted molar refractivity (Wildman–Crippen MR) is 113 cm³/mol. The largest absolute Gasteiger partial charge is 0.504 e. The number of carbonyl (C=O) groups is 1. The fourth-order valence-corrected chi connectivity index (χ4v) is 3.32. The van der Waals surface area contributed by atoms with Gasteiger partial charge < -0.3 is 19.3 Å². The second-order valence-electron chi connectivity index (χ2n) is 5.93. The Labute approximate surface area is 177 Å². The maximum absolute atomic E-state index is 12.8. The lowest BCUT2D eigenvalue weighted by atomic mass is 10.1. The lowest BCUT2D eigenvalue weighted by molar-refractivity contribution is 0.104. The molecule has 3 aromatic rings. The van der Waals surface area contributed by atoms with Crippen LogP contribution in [0, 0.1) is 0 Å². The molecule has 0 bridgehead atoms. The second kappa shape index (κ2) is 8.59. The summed E-state index contributed by atoms with van der Waals surface area (Å²) in [6.07, 6.45) is 2.85. The molecule has 0 aliphatic heterocycles. The van der Waals surface area contributed by atoms with Crippen molar-refractivity contribution in [2.75, 3.05) is 21.3 Å². The number of halogens is 2. The number of phenols is 1. The maximum Gasteiger partial charge on any atom is 0.193 e. The first kappa shape index (κ1) is 20.8. The molecule has 0 saturated heterocycles. The number of ether oxygens (including phenoxy) is 3. The van der Waals surface area contributed by atoms with E-state index in [1.54, 1.807) is 24.3 Å². The Morgan fingerprint density at radius 1 is 1.00 bits per heavy atom. The van der Waals surface area contributed by atoms with Gasteiger partial charge in [0.1, 0.15) is 28.3 Å². The van der Waals surface area contributed by atoms with Crippen LogP contribution in [0.1, 0.15) is 16.1 Å². The first-order valence-corrected chi connectivity index (χ1v) is 9.15. The van der Waals surface area contributed by atoms with E-state index in [2.05, 4.69) is 4.98 Å². The van der Waals surface area contributed by atoms with Gasteiger partial charge in [-0.25, -0.2) is 4.98 Å². The molecule has 0 saturated carbocycles. The highest BCUT2D eigenvalue weighted by molar-refractivity contribution is 6.39. The Kier molecular flexibility index (Phi) is 6.15.